The van der Waals surface area contributed by atoms with Crippen LogP contribution in [0.1, 0.15) is 17.2 Å². The second kappa shape index (κ2) is 7.21. The molecule has 0 aliphatic rings. The van der Waals surface area contributed by atoms with Crippen molar-refractivity contribution < 1.29 is 14.3 Å². The lowest BCUT2D eigenvalue weighted by atomic mass is 10.1. The third-order valence-electron chi connectivity index (χ3n) is 2.88. The molecule has 2 aromatic rings. The zero-order chi connectivity index (χ0) is 15.1. The highest BCUT2D eigenvalue weighted by Crippen LogP contribution is 2.09. The van der Waals surface area contributed by atoms with E-state index in [2.05, 4.69) is 5.32 Å². The van der Waals surface area contributed by atoms with E-state index in [9.17, 15) is 9.59 Å². The zero-order valence-electron chi connectivity index (χ0n) is 11.4. The summed E-state index contributed by atoms with van der Waals surface area (Å²) in [6.45, 7) is 0.0977. The SMILES string of the molecule is NC(C(=O)NC(=O)OCc1ccccc1)c1ccccc1. The van der Waals surface area contributed by atoms with Crippen LogP contribution < -0.4 is 11.1 Å². The minimum absolute atomic E-state index is 0.0977. The van der Waals surface area contributed by atoms with Gasteiger partial charge in [-0.1, -0.05) is 60.7 Å². The summed E-state index contributed by atoms with van der Waals surface area (Å²) in [7, 11) is 0. The van der Waals surface area contributed by atoms with Gasteiger partial charge in [-0.2, -0.15) is 0 Å². The molecule has 0 spiro atoms. The molecule has 1 unspecified atom stereocenters. The van der Waals surface area contributed by atoms with Crippen molar-refractivity contribution >= 4 is 12.0 Å². The van der Waals surface area contributed by atoms with Gasteiger partial charge in [0.2, 0.25) is 0 Å². The van der Waals surface area contributed by atoms with Crippen molar-refractivity contribution in [3.8, 4) is 0 Å². The second-order valence-corrected chi connectivity index (χ2v) is 4.44. The van der Waals surface area contributed by atoms with E-state index in [1.54, 1.807) is 24.3 Å². The molecule has 108 valence electrons. The lowest BCUT2D eigenvalue weighted by Gasteiger charge is -2.11. The highest BCUT2D eigenvalue weighted by Gasteiger charge is 2.18. The summed E-state index contributed by atoms with van der Waals surface area (Å²) >= 11 is 0. The summed E-state index contributed by atoms with van der Waals surface area (Å²) in [6.07, 6.45) is -0.810. The topological polar surface area (TPSA) is 81.4 Å². The molecule has 0 fully saturated rings. The van der Waals surface area contributed by atoms with Gasteiger partial charge in [0.1, 0.15) is 12.6 Å². The van der Waals surface area contributed by atoms with E-state index in [-0.39, 0.29) is 6.61 Å². The Morgan fingerprint density at radius 3 is 2.19 bits per heavy atom. The number of nitrogens with two attached hydrogens (primary N) is 1. The highest BCUT2D eigenvalue weighted by molar-refractivity contribution is 5.95. The maximum Gasteiger partial charge on any atom is 0.414 e. The molecule has 0 radical (unpaired) electrons. The van der Waals surface area contributed by atoms with Crippen molar-refractivity contribution in [1.29, 1.82) is 0 Å². The molecule has 1 atom stereocenters. The summed E-state index contributed by atoms with van der Waals surface area (Å²) in [5, 5.41) is 2.12. The van der Waals surface area contributed by atoms with E-state index in [0.29, 0.717) is 5.56 Å². The third kappa shape index (κ3) is 4.43. The normalized spacial score (nSPS) is 11.5. The Hall–Kier alpha value is -2.66. The Morgan fingerprint density at radius 2 is 1.57 bits per heavy atom. The van der Waals surface area contributed by atoms with Crippen LogP contribution in [-0.4, -0.2) is 12.0 Å². The van der Waals surface area contributed by atoms with Gasteiger partial charge in [-0.3, -0.25) is 10.1 Å². The van der Waals surface area contributed by atoms with Crippen LogP contribution in [0, 0.1) is 0 Å². The van der Waals surface area contributed by atoms with Gasteiger partial charge in [0.15, 0.2) is 0 Å². The van der Waals surface area contributed by atoms with E-state index in [4.69, 9.17) is 10.5 Å². The van der Waals surface area contributed by atoms with E-state index in [1.165, 1.54) is 0 Å². The van der Waals surface area contributed by atoms with Gasteiger partial charge < -0.3 is 10.5 Å². The number of imide groups is 1. The van der Waals surface area contributed by atoms with Crippen LogP contribution in [0.2, 0.25) is 0 Å². The Labute approximate surface area is 122 Å². The van der Waals surface area contributed by atoms with Crippen LogP contribution in [0.5, 0.6) is 0 Å². The van der Waals surface area contributed by atoms with Gasteiger partial charge in [-0.15, -0.1) is 0 Å². The minimum atomic E-state index is -0.907. The van der Waals surface area contributed by atoms with Crippen LogP contribution in [0.3, 0.4) is 0 Å². The van der Waals surface area contributed by atoms with Gasteiger partial charge in [0, 0.05) is 0 Å². The first kappa shape index (κ1) is 14.7. The van der Waals surface area contributed by atoms with Crippen molar-refractivity contribution in [2.24, 2.45) is 5.73 Å². The monoisotopic (exact) mass is 284 g/mol. The van der Waals surface area contributed by atoms with Crippen LogP contribution in [0.4, 0.5) is 4.79 Å². The molecule has 0 aliphatic heterocycles. The first-order valence-electron chi connectivity index (χ1n) is 6.49. The number of ether oxygens (including phenoxy) is 1. The van der Waals surface area contributed by atoms with Gasteiger partial charge in [0.05, 0.1) is 0 Å². The lowest BCUT2D eigenvalue weighted by molar-refractivity contribution is -0.121. The molecule has 2 rings (SSSR count). The number of hydrogen-bond acceptors (Lipinski definition) is 4. The van der Waals surface area contributed by atoms with Gasteiger partial charge in [-0.05, 0) is 11.1 Å². The smallest absolute Gasteiger partial charge is 0.414 e. The Balaban J connectivity index is 1.83. The number of carbonyl (C=O) groups is 2. The molecule has 0 saturated heterocycles. The third-order valence-corrected chi connectivity index (χ3v) is 2.88. The lowest BCUT2D eigenvalue weighted by Crippen LogP contribution is -2.38. The van der Waals surface area contributed by atoms with E-state index >= 15 is 0 Å². The Morgan fingerprint density at radius 1 is 1.00 bits per heavy atom. The molecule has 0 aromatic heterocycles. The number of rotatable bonds is 4. The molecule has 5 heteroatoms. The average Bonchev–Trinajstić information content (AvgIpc) is 2.54. The summed E-state index contributed by atoms with van der Waals surface area (Å²) < 4.78 is 4.96. The molecule has 0 saturated carbocycles. The fourth-order valence-corrected chi connectivity index (χ4v) is 1.75. The summed E-state index contributed by atoms with van der Waals surface area (Å²) in [5.74, 6) is -0.598. The van der Waals surface area contributed by atoms with E-state index < -0.39 is 18.0 Å². The van der Waals surface area contributed by atoms with Crippen LogP contribution >= 0.6 is 0 Å². The molecule has 5 nitrogen and oxygen atoms in total. The van der Waals surface area contributed by atoms with Crippen molar-refractivity contribution in [1.82, 2.24) is 5.32 Å². The summed E-state index contributed by atoms with van der Waals surface area (Å²) in [4.78, 5) is 23.4. The fraction of sp³-hybridized carbons (Fsp3) is 0.125. The molecule has 21 heavy (non-hydrogen) atoms. The predicted molar refractivity (Wildman–Crippen MR) is 78.1 cm³/mol. The maximum absolute atomic E-state index is 11.8. The molecule has 2 aromatic carbocycles. The molecule has 2 amide bonds. The highest BCUT2D eigenvalue weighted by atomic mass is 16.5. The average molecular weight is 284 g/mol. The van der Waals surface area contributed by atoms with Crippen molar-refractivity contribution in [2.45, 2.75) is 12.6 Å². The number of benzene rings is 2. The largest absolute Gasteiger partial charge is 0.444 e. The number of carbonyl (C=O) groups excluding carboxylic acids is 2. The predicted octanol–water partition coefficient (Wildman–Crippen LogP) is 2.14. The first-order chi connectivity index (χ1) is 10.2. The van der Waals surface area contributed by atoms with E-state index in [0.717, 1.165) is 5.56 Å². The van der Waals surface area contributed by atoms with Crippen molar-refractivity contribution in [3.63, 3.8) is 0 Å². The minimum Gasteiger partial charge on any atom is -0.444 e. The Bertz CT molecular complexity index is 599. The van der Waals surface area contributed by atoms with Crippen LogP contribution in [0.25, 0.3) is 0 Å². The maximum atomic E-state index is 11.8. The van der Waals surface area contributed by atoms with Gasteiger partial charge in [0.25, 0.3) is 5.91 Å². The summed E-state index contributed by atoms with van der Waals surface area (Å²) in [6, 6.07) is 17.1. The van der Waals surface area contributed by atoms with Gasteiger partial charge >= 0.3 is 6.09 Å². The molecular weight excluding hydrogens is 268 g/mol. The van der Waals surface area contributed by atoms with Crippen molar-refractivity contribution in [3.05, 3.63) is 71.8 Å². The Kier molecular flexibility index (Phi) is 5.06. The quantitative estimate of drug-likeness (QED) is 0.901. The number of amides is 2. The van der Waals surface area contributed by atoms with Crippen molar-refractivity contribution in [2.75, 3.05) is 0 Å². The molecule has 0 heterocycles. The van der Waals surface area contributed by atoms with E-state index in [1.807, 2.05) is 36.4 Å². The molecule has 3 N–H and O–H groups in total. The van der Waals surface area contributed by atoms with Gasteiger partial charge in [-0.25, -0.2) is 4.79 Å². The standard InChI is InChI=1S/C16H16N2O3/c17-14(13-9-5-2-6-10-13)15(19)18-16(20)21-11-12-7-3-1-4-8-12/h1-10,14H,11,17H2,(H,18,19,20). The first-order valence-corrected chi connectivity index (χ1v) is 6.49. The molecule has 0 aliphatic carbocycles. The molecular formula is C16H16N2O3. The zero-order valence-corrected chi connectivity index (χ0v) is 11.4. The molecule has 0 bridgehead atoms. The summed E-state index contributed by atoms with van der Waals surface area (Å²) in [5.41, 5.74) is 7.24. The number of alkyl carbamates (subject to hydrolysis) is 1. The van der Waals surface area contributed by atoms with Crippen LogP contribution in [0.15, 0.2) is 60.7 Å². The van der Waals surface area contributed by atoms with Crippen LogP contribution in [-0.2, 0) is 16.1 Å². The number of nitrogens with one attached hydrogen (secondary N) is 1. The number of hydrogen-bond donors (Lipinski definition) is 2. The second-order valence-electron chi connectivity index (χ2n) is 4.44. The fourth-order valence-electron chi connectivity index (χ4n) is 1.75.